The molecule has 0 aliphatic carbocycles. The van der Waals surface area contributed by atoms with Gasteiger partial charge in [0.1, 0.15) is 11.4 Å². The Morgan fingerprint density at radius 3 is 1.35 bits per heavy atom. The van der Waals surface area contributed by atoms with Crippen LogP contribution >= 0.6 is 0 Å². The minimum Gasteiger partial charge on any atom is -0.329 e. The molecule has 0 bridgehead atoms. The molecule has 2 heterocycles. The number of pyridine rings is 2. The lowest BCUT2D eigenvalue weighted by Crippen LogP contribution is -2.11. The molecule has 0 amide bonds. The number of nitrogens with zero attached hydrogens (tertiary/aromatic N) is 2. The molecular weight excluding hydrogens is 256 g/mol. The Morgan fingerprint density at radius 1 is 0.800 bits per heavy atom. The van der Waals surface area contributed by atoms with E-state index in [9.17, 15) is 9.59 Å². The highest BCUT2D eigenvalue weighted by atomic mass is 16.1. The molecule has 2 aromatic rings. The molecule has 0 saturated heterocycles. The fourth-order valence-corrected chi connectivity index (χ4v) is 0.891. The van der Waals surface area contributed by atoms with Crippen LogP contribution in [0.2, 0.25) is 0 Å². The normalized spacial score (nSPS) is 8.30. The summed E-state index contributed by atoms with van der Waals surface area (Å²) in [5.74, 6) is 0. The highest BCUT2D eigenvalue weighted by Gasteiger charge is 1.82. The SMILES string of the molecule is NCCN.O=Cc1ccccn1.O=Cc1ccccn1. The first kappa shape index (κ1) is 17.6. The molecule has 0 saturated carbocycles. The smallest absolute Gasteiger partial charge is 0.168 e. The van der Waals surface area contributed by atoms with E-state index in [2.05, 4.69) is 9.97 Å². The topological polar surface area (TPSA) is 112 Å². The zero-order valence-electron chi connectivity index (χ0n) is 11.1. The van der Waals surface area contributed by atoms with Crippen molar-refractivity contribution in [3.63, 3.8) is 0 Å². The average molecular weight is 274 g/mol. The molecule has 0 atom stereocenters. The van der Waals surface area contributed by atoms with Gasteiger partial charge < -0.3 is 11.5 Å². The molecule has 6 nitrogen and oxygen atoms in total. The largest absolute Gasteiger partial charge is 0.329 e. The van der Waals surface area contributed by atoms with Gasteiger partial charge in [-0.15, -0.1) is 0 Å². The molecule has 0 aromatic carbocycles. The predicted molar refractivity (Wildman–Crippen MR) is 77.4 cm³/mol. The summed E-state index contributed by atoms with van der Waals surface area (Å²) in [7, 11) is 0. The Labute approximate surface area is 117 Å². The summed E-state index contributed by atoms with van der Waals surface area (Å²) in [4.78, 5) is 27.3. The number of rotatable bonds is 3. The van der Waals surface area contributed by atoms with Crippen molar-refractivity contribution in [2.75, 3.05) is 13.1 Å². The number of hydrogen-bond donors (Lipinski definition) is 2. The van der Waals surface area contributed by atoms with E-state index < -0.39 is 0 Å². The van der Waals surface area contributed by atoms with Crippen molar-refractivity contribution in [1.29, 1.82) is 0 Å². The van der Waals surface area contributed by atoms with Crippen LogP contribution in [-0.2, 0) is 0 Å². The lowest BCUT2D eigenvalue weighted by Gasteiger charge is -1.81. The van der Waals surface area contributed by atoms with E-state index in [1.807, 2.05) is 0 Å². The number of nitrogens with two attached hydrogens (primary N) is 2. The molecule has 0 aliphatic heterocycles. The minimum absolute atomic E-state index is 0.479. The lowest BCUT2D eigenvalue weighted by molar-refractivity contribution is 0.111. The van der Waals surface area contributed by atoms with Gasteiger partial charge in [0.25, 0.3) is 0 Å². The fourth-order valence-electron chi connectivity index (χ4n) is 0.891. The second-order valence-electron chi connectivity index (χ2n) is 3.32. The zero-order valence-corrected chi connectivity index (χ0v) is 11.1. The minimum atomic E-state index is 0.479. The van der Waals surface area contributed by atoms with E-state index >= 15 is 0 Å². The molecular formula is C14H18N4O2. The van der Waals surface area contributed by atoms with Gasteiger partial charge in [-0.1, -0.05) is 12.1 Å². The molecule has 0 aliphatic rings. The van der Waals surface area contributed by atoms with E-state index in [1.54, 1.807) is 48.8 Å². The van der Waals surface area contributed by atoms with Crippen molar-refractivity contribution in [2.24, 2.45) is 11.5 Å². The summed E-state index contributed by atoms with van der Waals surface area (Å²) in [6, 6.07) is 10.4. The first-order valence-electron chi connectivity index (χ1n) is 5.91. The Bertz CT molecular complexity index is 418. The van der Waals surface area contributed by atoms with Crippen molar-refractivity contribution < 1.29 is 9.59 Å². The summed E-state index contributed by atoms with van der Waals surface area (Å²) in [6.45, 7) is 1.19. The Hall–Kier alpha value is -2.44. The maximum atomic E-state index is 9.94. The van der Waals surface area contributed by atoms with Gasteiger partial charge >= 0.3 is 0 Å². The van der Waals surface area contributed by atoms with Crippen LogP contribution in [0.5, 0.6) is 0 Å². The van der Waals surface area contributed by atoms with E-state index in [0.29, 0.717) is 24.5 Å². The Balaban J connectivity index is 0.000000289. The van der Waals surface area contributed by atoms with Gasteiger partial charge in [0, 0.05) is 25.5 Å². The summed E-state index contributed by atoms with van der Waals surface area (Å²) < 4.78 is 0. The van der Waals surface area contributed by atoms with Crippen LogP contribution in [0.15, 0.2) is 48.8 Å². The van der Waals surface area contributed by atoms with Crippen LogP contribution in [-0.4, -0.2) is 35.6 Å². The van der Waals surface area contributed by atoms with Crippen LogP contribution in [0.3, 0.4) is 0 Å². The van der Waals surface area contributed by atoms with Crippen LogP contribution in [0, 0.1) is 0 Å². The van der Waals surface area contributed by atoms with Crippen LogP contribution in [0.1, 0.15) is 21.0 Å². The Kier molecular flexibility index (Phi) is 11.4. The quantitative estimate of drug-likeness (QED) is 0.796. The van der Waals surface area contributed by atoms with Crippen LogP contribution in [0.25, 0.3) is 0 Å². The van der Waals surface area contributed by atoms with Crippen LogP contribution in [0.4, 0.5) is 0 Å². The molecule has 106 valence electrons. The molecule has 0 radical (unpaired) electrons. The van der Waals surface area contributed by atoms with E-state index in [-0.39, 0.29) is 0 Å². The van der Waals surface area contributed by atoms with Crippen molar-refractivity contribution in [3.05, 3.63) is 60.2 Å². The summed E-state index contributed by atoms with van der Waals surface area (Å²) in [6.07, 6.45) is 4.62. The second-order valence-corrected chi connectivity index (χ2v) is 3.32. The van der Waals surface area contributed by atoms with E-state index in [4.69, 9.17) is 11.5 Å². The van der Waals surface area contributed by atoms with Gasteiger partial charge in [0.2, 0.25) is 0 Å². The number of carbonyl (C=O) groups excluding carboxylic acids is 2. The van der Waals surface area contributed by atoms with Crippen molar-refractivity contribution in [2.45, 2.75) is 0 Å². The molecule has 0 unspecified atom stereocenters. The molecule has 0 fully saturated rings. The first-order valence-corrected chi connectivity index (χ1v) is 5.91. The summed E-state index contributed by atoms with van der Waals surface area (Å²) >= 11 is 0. The number of aldehydes is 2. The number of hydrogen-bond acceptors (Lipinski definition) is 6. The van der Waals surface area contributed by atoms with E-state index in [0.717, 1.165) is 12.6 Å². The molecule has 0 spiro atoms. The molecule has 2 rings (SSSR count). The third kappa shape index (κ3) is 9.58. The van der Waals surface area contributed by atoms with Gasteiger partial charge in [-0.2, -0.15) is 0 Å². The predicted octanol–water partition coefficient (Wildman–Crippen LogP) is 0.692. The maximum absolute atomic E-state index is 9.94. The molecule has 6 heteroatoms. The molecule has 20 heavy (non-hydrogen) atoms. The fraction of sp³-hybridized carbons (Fsp3) is 0.143. The number of aromatic nitrogens is 2. The van der Waals surface area contributed by atoms with E-state index in [1.165, 1.54) is 0 Å². The summed E-state index contributed by atoms with van der Waals surface area (Å²) in [5, 5.41) is 0. The lowest BCUT2D eigenvalue weighted by atomic mass is 10.4. The van der Waals surface area contributed by atoms with Crippen molar-refractivity contribution in [1.82, 2.24) is 9.97 Å². The van der Waals surface area contributed by atoms with Gasteiger partial charge in [-0.05, 0) is 24.3 Å². The van der Waals surface area contributed by atoms with Gasteiger partial charge in [0.15, 0.2) is 12.6 Å². The standard InChI is InChI=1S/2C6H5NO.C2H8N2/c2*8-5-6-3-1-2-4-7-6;3-1-2-4/h2*1-5H;1-4H2. The number of carbonyl (C=O) groups is 2. The third-order valence-electron chi connectivity index (χ3n) is 1.78. The Morgan fingerprint density at radius 2 is 1.20 bits per heavy atom. The second kappa shape index (κ2) is 13.0. The highest BCUT2D eigenvalue weighted by Crippen LogP contribution is 1.86. The summed E-state index contributed by atoms with van der Waals surface area (Å²) in [5.41, 5.74) is 10.8. The highest BCUT2D eigenvalue weighted by molar-refractivity contribution is 5.71. The molecule has 4 N–H and O–H groups in total. The van der Waals surface area contributed by atoms with Crippen molar-refractivity contribution in [3.8, 4) is 0 Å². The molecule has 2 aromatic heterocycles. The van der Waals surface area contributed by atoms with Gasteiger partial charge in [-0.25, -0.2) is 0 Å². The monoisotopic (exact) mass is 274 g/mol. The zero-order chi connectivity index (χ0) is 15.1. The van der Waals surface area contributed by atoms with Crippen LogP contribution < -0.4 is 11.5 Å². The third-order valence-corrected chi connectivity index (χ3v) is 1.78. The first-order chi connectivity index (χ1) is 9.78. The maximum Gasteiger partial charge on any atom is 0.168 e. The van der Waals surface area contributed by atoms with Crippen molar-refractivity contribution >= 4 is 12.6 Å². The van der Waals surface area contributed by atoms with Gasteiger partial charge in [0.05, 0.1) is 0 Å². The average Bonchev–Trinajstić information content (AvgIpc) is 2.57. The van der Waals surface area contributed by atoms with Gasteiger partial charge in [-0.3, -0.25) is 19.6 Å².